The van der Waals surface area contributed by atoms with Crippen molar-refractivity contribution in [1.82, 2.24) is 9.88 Å². The predicted molar refractivity (Wildman–Crippen MR) is 85.8 cm³/mol. The number of nitrogens with one attached hydrogen (secondary N) is 1. The fourth-order valence-electron chi connectivity index (χ4n) is 1.82. The number of hydrogen-bond donors (Lipinski definition) is 1. The van der Waals surface area contributed by atoms with Gasteiger partial charge in [0.2, 0.25) is 0 Å². The van der Waals surface area contributed by atoms with Gasteiger partial charge in [-0.1, -0.05) is 23.7 Å². The van der Waals surface area contributed by atoms with E-state index in [-0.39, 0.29) is 6.03 Å². The minimum atomic E-state index is -0.161. The molecule has 0 saturated carbocycles. The maximum Gasteiger partial charge on any atom is 0.321 e. The van der Waals surface area contributed by atoms with Crippen molar-refractivity contribution in [3.05, 3.63) is 58.9 Å². The summed E-state index contributed by atoms with van der Waals surface area (Å²) in [4.78, 5) is 17.9. The summed E-state index contributed by atoms with van der Waals surface area (Å²) in [6.45, 7) is 2.52. The molecule has 0 atom stereocenters. The fourth-order valence-corrected chi connectivity index (χ4v) is 2.00. The van der Waals surface area contributed by atoms with Crippen molar-refractivity contribution >= 4 is 23.3 Å². The van der Waals surface area contributed by atoms with Gasteiger partial charge in [0.15, 0.2) is 0 Å². The fraction of sp³-hybridized carbons (Fsp3) is 0.250. The smallest absolute Gasteiger partial charge is 0.321 e. The molecule has 0 spiro atoms. The van der Waals surface area contributed by atoms with E-state index in [4.69, 9.17) is 11.6 Å². The number of amides is 2. The van der Waals surface area contributed by atoms with Crippen LogP contribution in [0.25, 0.3) is 0 Å². The van der Waals surface area contributed by atoms with E-state index in [1.807, 2.05) is 37.3 Å². The lowest BCUT2D eigenvalue weighted by Crippen LogP contribution is -2.33. The molecule has 2 rings (SSSR count). The van der Waals surface area contributed by atoms with Gasteiger partial charge in [0.25, 0.3) is 0 Å². The van der Waals surface area contributed by atoms with Gasteiger partial charge in [-0.05, 0) is 36.8 Å². The van der Waals surface area contributed by atoms with Gasteiger partial charge >= 0.3 is 6.03 Å². The number of pyridine rings is 1. The van der Waals surface area contributed by atoms with Crippen LogP contribution < -0.4 is 5.32 Å². The van der Waals surface area contributed by atoms with Crippen LogP contribution in [0.15, 0.2) is 42.6 Å². The molecule has 0 bridgehead atoms. The highest BCUT2D eigenvalue weighted by atomic mass is 35.5. The average Bonchev–Trinajstić information content (AvgIpc) is 2.49. The highest BCUT2D eigenvalue weighted by Crippen LogP contribution is 2.20. The Bertz CT molecular complexity index is 616. The SMILES string of the molecule is Cc1ccc(NC(=O)N(C)CCc2ccccn2)cc1Cl. The van der Waals surface area contributed by atoms with Crippen LogP contribution in [0, 0.1) is 6.92 Å². The number of carbonyl (C=O) groups is 1. The molecule has 5 heteroatoms. The molecule has 1 aromatic carbocycles. The number of aryl methyl sites for hydroxylation is 1. The summed E-state index contributed by atoms with van der Waals surface area (Å²) in [5.74, 6) is 0. The Morgan fingerprint density at radius 2 is 2.14 bits per heavy atom. The monoisotopic (exact) mass is 303 g/mol. The van der Waals surface area contributed by atoms with Crippen LogP contribution in [0.2, 0.25) is 5.02 Å². The molecule has 0 aliphatic rings. The number of benzene rings is 1. The first-order valence-electron chi connectivity index (χ1n) is 6.74. The number of aromatic nitrogens is 1. The first-order valence-corrected chi connectivity index (χ1v) is 7.12. The lowest BCUT2D eigenvalue weighted by Gasteiger charge is -2.18. The predicted octanol–water partition coefficient (Wildman–Crippen LogP) is 3.75. The molecule has 0 aliphatic heterocycles. The molecule has 0 unspecified atom stereocenters. The van der Waals surface area contributed by atoms with Crippen LogP contribution in [0.3, 0.4) is 0 Å². The molecule has 0 aliphatic carbocycles. The highest BCUT2D eigenvalue weighted by molar-refractivity contribution is 6.31. The molecule has 1 heterocycles. The zero-order valence-electron chi connectivity index (χ0n) is 12.1. The van der Waals surface area contributed by atoms with Crippen molar-refractivity contribution in [2.24, 2.45) is 0 Å². The van der Waals surface area contributed by atoms with Crippen molar-refractivity contribution in [3.63, 3.8) is 0 Å². The molecular formula is C16H18ClN3O. The van der Waals surface area contributed by atoms with Gasteiger partial charge < -0.3 is 10.2 Å². The summed E-state index contributed by atoms with van der Waals surface area (Å²) in [5.41, 5.74) is 2.65. The Kier molecular flexibility index (Phi) is 5.17. The number of halogens is 1. The number of carbonyl (C=O) groups excluding carboxylic acids is 1. The van der Waals surface area contributed by atoms with Gasteiger partial charge in [0.1, 0.15) is 0 Å². The van der Waals surface area contributed by atoms with E-state index in [2.05, 4.69) is 10.3 Å². The lowest BCUT2D eigenvalue weighted by atomic mass is 10.2. The summed E-state index contributed by atoms with van der Waals surface area (Å²) in [7, 11) is 1.76. The molecule has 1 N–H and O–H groups in total. The molecule has 0 saturated heterocycles. The van der Waals surface area contributed by atoms with Crippen molar-refractivity contribution in [2.75, 3.05) is 18.9 Å². The second-order valence-corrected chi connectivity index (χ2v) is 5.29. The van der Waals surface area contributed by atoms with E-state index in [9.17, 15) is 4.79 Å². The van der Waals surface area contributed by atoms with Crippen molar-refractivity contribution < 1.29 is 4.79 Å². The van der Waals surface area contributed by atoms with E-state index >= 15 is 0 Å². The molecule has 4 nitrogen and oxygen atoms in total. The Balaban J connectivity index is 1.89. The van der Waals surface area contributed by atoms with Gasteiger partial charge in [-0.15, -0.1) is 0 Å². The number of urea groups is 1. The summed E-state index contributed by atoms with van der Waals surface area (Å²) in [6, 6.07) is 11.1. The maximum atomic E-state index is 12.1. The second-order valence-electron chi connectivity index (χ2n) is 4.89. The van der Waals surface area contributed by atoms with E-state index in [0.717, 1.165) is 17.7 Å². The van der Waals surface area contributed by atoms with Gasteiger partial charge in [0, 0.05) is 42.6 Å². The van der Waals surface area contributed by atoms with Crippen molar-refractivity contribution in [3.8, 4) is 0 Å². The molecule has 1 aromatic heterocycles. The largest absolute Gasteiger partial charge is 0.327 e. The average molecular weight is 304 g/mol. The Labute approximate surface area is 129 Å². The first kappa shape index (κ1) is 15.3. The summed E-state index contributed by atoms with van der Waals surface area (Å²) in [5, 5.41) is 3.47. The van der Waals surface area contributed by atoms with Crippen molar-refractivity contribution in [1.29, 1.82) is 0 Å². The van der Waals surface area contributed by atoms with Crippen molar-refractivity contribution in [2.45, 2.75) is 13.3 Å². The minimum absolute atomic E-state index is 0.161. The highest BCUT2D eigenvalue weighted by Gasteiger charge is 2.09. The number of likely N-dealkylation sites (N-methyl/N-ethyl adjacent to an activating group) is 1. The minimum Gasteiger partial charge on any atom is -0.327 e. The third-order valence-electron chi connectivity index (χ3n) is 3.20. The third kappa shape index (κ3) is 4.46. The third-order valence-corrected chi connectivity index (χ3v) is 3.61. The van der Waals surface area contributed by atoms with Crippen LogP contribution in [0.4, 0.5) is 10.5 Å². The van der Waals surface area contributed by atoms with E-state index in [1.54, 1.807) is 24.2 Å². The molecule has 21 heavy (non-hydrogen) atoms. The maximum absolute atomic E-state index is 12.1. The lowest BCUT2D eigenvalue weighted by molar-refractivity contribution is 0.223. The van der Waals surface area contributed by atoms with Crippen LogP contribution in [0.5, 0.6) is 0 Å². The molecule has 0 radical (unpaired) electrons. The zero-order chi connectivity index (χ0) is 15.2. The number of anilines is 1. The topological polar surface area (TPSA) is 45.2 Å². The molecule has 2 amide bonds. The normalized spacial score (nSPS) is 10.2. The molecule has 2 aromatic rings. The Morgan fingerprint density at radius 1 is 1.33 bits per heavy atom. The number of rotatable bonds is 4. The van der Waals surface area contributed by atoms with Gasteiger partial charge in [-0.2, -0.15) is 0 Å². The van der Waals surface area contributed by atoms with Gasteiger partial charge in [0.05, 0.1) is 0 Å². The van der Waals surface area contributed by atoms with Gasteiger partial charge in [-0.25, -0.2) is 4.79 Å². The quantitative estimate of drug-likeness (QED) is 0.935. The first-order chi connectivity index (χ1) is 10.1. The van der Waals surface area contributed by atoms with Crippen LogP contribution >= 0.6 is 11.6 Å². The summed E-state index contributed by atoms with van der Waals surface area (Å²) >= 11 is 6.04. The Hall–Kier alpha value is -2.07. The number of hydrogen-bond acceptors (Lipinski definition) is 2. The Morgan fingerprint density at radius 3 is 2.81 bits per heavy atom. The molecule has 0 fully saturated rings. The van der Waals surface area contributed by atoms with Crippen LogP contribution in [-0.4, -0.2) is 29.5 Å². The second kappa shape index (κ2) is 7.09. The van der Waals surface area contributed by atoms with Gasteiger partial charge in [-0.3, -0.25) is 4.98 Å². The van der Waals surface area contributed by atoms with Crippen LogP contribution in [-0.2, 0) is 6.42 Å². The summed E-state index contributed by atoms with van der Waals surface area (Å²) in [6.07, 6.45) is 2.48. The summed E-state index contributed by atoms with van der Waals surface area (Å²) < 4.78 is 0. The number of nitrogens with zero attached hydrogens (tertiary/aromatic N) is 2. The molecular weight excluding hydrogens is 286 g/mol. The van der Waals surface area contributed by atoms with Crippen LogP contribution in [0.1, 0.15) is 11.3 Å². The standard InChI is InChI=1S/C16H18ClN3O/c1-12-6-7-14(11-15(12)17)19-16(21)20(2)10-8-13-5-3-4-9-18-13/h3-7,9,11H,8,10H2,1-2H3,(H,19,21). The van der Waals surface area contributed by atoms with E-state index in [0.29, 0.717) is 17.3 Å². The van der Waals surface area contributed by atoms with E-state index in [1.165, 1.54) is 0 Å². The zero-order valence-corrected chi connectivity index (χ0v) is 12.9. The van der Waals surface area contributed by atoms with E-state index < -0.39 is 0 Å². The molecule has 110 valence electrons.